The maximum atomic E-state index is 13.4. The Morgan fingerprint density at radius 3 is 2.81 bits per heavy atom. The number of fused-ring (bicyclic) bond motifs is 1. The number of amides is 1. The van der Waals surface area contributed by atoms with Crippen molar-refractivity contribution in [3.05, 3.63) is 24.3 Å². The van der Waals surface area contributed by atoms with Gasteiger partial charge in [-0.3, -0.25) is 20.1 Å². The molecule has 0 saturated carbocycles. The third kappa shape index (κ3) is 5.12. The fraction of sp³-hybridized carbons (Fsp3) is 0.680. The van der Waals surface area contributed by atoms with Gasteiger partial charge in [-0.05, 0) is 53.5 Å². The van der Waals surface area contributed by atoms with E-state index in [2.05, 4.69) is 54.4 Å². The van der Waals surface area contributed by atoms with Crippen LogP contribution in [0.2, 0.25) is 0 Å². The maximum absolute atomic E-state index is 13.4. The van der Waals surface area contributed by atoms with Crippen LogP contribution in [0.15, 0.2) is 34.3 Å². The number of nitrogens with zero attached hydrogens (tertiary/aromatic N) is 7. The lowest BCUT2D eigenvalue weighted by molar-refractivity contribution is -0.125. The second-order valence-electron chi connectivity index (χ2n) is 10.8. The Morgan fingerprint density at radius 1 is 1.22 bits per heavy atom. The van der Waals surface area contributed by atoms with E-state index in [4.69, 9.17) is 9.98 Å². The lowest BCUT2D eigenvalue weighted by Crippen LogP contribution is -2.58. The van der Waals surface area contributed by atoms with E-state index in [9.17, 15) is 9.90 Å². The van der Waals surface area contributed by atoms with Gasteiger partial charge in [0.2, 0.25) is 11.9 Å². The van der Waals surface area contributed by atoms with Crippen LogP contribution in [0.4, 0.5) is 5.82 Å². The molecule has 1 amide bonds. The van der Waals surface area contributed by atoms with E-state index in [1.54, 1.807) is 6.33 Å². The molecule has 11 heteroatoms. The van der Waals surface area contributed by atoms with Crippen LogP contribution < -0.4 is 10.7 Å². The molecule has 2 unspecified atom stereocenters. The number of aliphatic hydroxyl groups excluding tert-OH is 1. The Bertz CT molecular complexity index is 1060. The first-order valence-electron chi connectivity index (χ1n) is 13.2. The molecular formula is C25H39N9O2. The standard InChI is InChI=1S/C25H39N9O2/c1-16(2)31-9-5-7-18(12-31)27-24(36)21-11-19(35)13-33(21)25-29-23(20-8-6-10-34(20)30-25)28-22-14-32(15-26-22)17(3)4/h8,14-19,21,35H,5-7,9-13H2,1-4H3,(H,27,36)(H,28,29,30)/t18?,19-,21?/m0/s1. The Kier molecular flexibility index (Phi) is 7.03. The summed E-state index contributed by atoms with van der Waals surface area (Å²) in [6, 6.07) is 0.386. The maximum Gasteiger partial charge on any atom is 0.243 e. The second-order valence-corrected chi connectivity index (χ2v) is 10.8. The van der Waals surface area contributed by atoms with Crippen molar-refractivity contribution in [2.45, 2.75) is 83.6 Å². The monoisotopic (exact) mass is 497 g/mol. The van der Waals surface area contributed by atoms with Gasteiger partial charge < -0.3 is 19.9 Å². The summed E-state index contributed by atoms with van der Waals surface area (Å²) in [6.45, 7) is 11.6. The molecule has 11 nitrogen and oxygen atoms in total. The van der Waals surface area contributed by atoms with Crippen LogP contribution in [0.25, 0.3) is 0 Å². The lowest BCUT2D eigenvalue weighted by Gasteiger charge is -2.37. The zero-order chi connectivity index (χ0) is 25.4. The van der Waals surface area contributed by atoms with E-state index >= 15 is 0 Å². The highest BCUT2D eigenvalue weighted by Crippen LogP contribution is 2.26. The molecule has 196 valence electrons. The van der Waals surface area contributed by atoms with Gasteiger partial charge >= 0.3 is 0 Å². The van der Waals surface area contributed by atoms with E-state index < -0.39 is 12.1 Å². The highest BCUT2D eigenvalue weighted by molar-refractivity contribution is 6.09. The number of hydrazine groups is 1. The number of β-amino-alcohol motifs (C(OH)–C–C–N with tert-alkyl or cyclic N) is 1. The molecule has 0 aromatic carbocycles. The van der Waals surface area contributed by atoms with Crippen LogP contribution in [0.5, 0.6) is 0 Å². The molecule has 36 heavy (non-hydrogen) atoms. The molecule has 3 N–H and O–H groups in total. The van der Waals surface area contributed by atoms with Crippen molar-refractivity contribution in [3.63, 3.8) is 0 Å². The first kappa shape index (κ1) is 24.8. The summed E-state index contributed by atoms with van der Waals surface area (Å²) in [7, 11) is 0. The van der Waals surface area contributed by atoms with Crippen LogP contribution in [-0.2, 0) is 4.79 Å². The highest BCUT2D eigenvalue weighted by Gasteiger charge is 2.41. The summed E-state index contributed by atoms with van der Waals surface area (Å²) in [5.41, 5.74) is 4.27. The van der Waals surface area contributed by atoms with Crippen molar-refractivity contribution in [2.75, 3.05) is 26.2 Å². The van der Waals surface area contributed by atoms with Gasteiger partial charge in [0.1, 0.15) is 6.04 Å². The number of hydrogen-bond acceptors (Lipinski definition) is 8. The topological polar surface area (TPSA) is 114 Å². The molecule has 0 radical (unpaired) electrons. The van der Waals surface area contributed by atoms with Gasteiger partial charge in [-0.2, -0.15) is 4.99 Å². The number of aromatic nitrogens is 2. The zero-order valence-electron chi connectivity index (χ0n) is 21.8. The SMILES string of the molecule is CC(C)N1CCCC(NC(=O)C2C[C@H](O)CN2C2=NC(=Nc3cn(C(C)C)cn3)C3=CCCN3N2)C1. The van der Waals surface area contributed by atoms with Crippen molar-refractivity contribution in [1.82, 2.24) is 35.1 Å². The number of amidine groups is 1. The Labute approximate surface area is 212 Å². The summed E-state index contributed by atoms with van der Waals surface area (Å²) in [5, 5.41) is 15.8. The Morgan fingerprint density at radius 2 is 2.06 bits per heavy atom. The average molecular weight is 498 g/mol. The van der Waals surface area contributed by atoms with Crippen molar-refractivity contribution in [3.8, 4) is 0 Å². The number of rotatable bonds is 5. The van der Waals surface area contributed by atoms with Gasteiger partial charge in [0.25, 0.3) is 0 Å². The minimum absolute atomic E-state index is 0.0522. The molecule has 2 fully saturated rings. The van der Waals surface area contributed by atoms with E-state index in [-0.39, 0.29) is 11.9 Å². The number of nitrogens with one attached hydrogen (secondary N) is 2. The molecule has 4 aliphatic rings. The van der Waals surface area contributed by atoms with Crippen LogP contribution in [0.3, 0.4) is 0 Å². The molecule has 1 aromatic heterocycles. The van der Waals surface area contributed by atoms with Crippen molar-refractivity contribution in [2.24, 2.45) is 9.98 Å². The first-order valence-corrected chi connectivity index (χ1v) is 13.2. The number of carbonyl (C=O) groups excluding carboxylic acids is 1. The largest absolute Gasteiger partial charge is 0.391 e. The minimum Gasteiger partial charge on any atom is -0.391 e. The normalized spacial score (nSPS) is 28.0. The third-order valence-electron chi connectivity index (χ3n) is 7.44. The van der Waals surface area contributed by atoms with Gasteiger partial charge in [-0.1, -0.05) is 6.08 Å². The number of guanidine groups is 1. The molecular weight excluding hydrogens is 458 g/mol. The Balaban J connectivity index is 1.36. The molecule has 0 aliphatic carbocycles. The second kappa shape index (κ2) is 10.2. The molecule has 5 heterocycles. The van der Waals surface area contributed by atoms with Crippen molar-refractivity contribution < 1.29 is 9.90 Å². The van der Waals surface area contributed by atoms with Gasteiger partial charge in [-0.15, -0.1) is 0 Å². The summed E-state index contributed by atoms with van der Waals surface area (Å²) in [4.78, 5) is 31.7. The van der Waals surface area contributed by atoms with Crippen LogP contribution in [-0.4, -0.2) is 97.6 Å². The van der Waals surface area contributed by atoms with Crippen LogP contribution in [0, 0.1) is 0 Å². The summed E-state index contributed by atoms with van der Waals surface area (Å²) < 4.78 is 2.01. The van der Waals surface area contributed by atoms with Gasteiger partial charge in [0.15, 0.2) is 11.7 Å². The molecule has 0 spiro atoms. The molecule has 1 aromatic rings. The summed E-state index contributed by atoms with van der Waals surface area (Å²) in [6.07, 6.45) is 8.51. The zero-order valence-corrected chi connectivity index (χ0v) is 21.8. The predicted octanol–water partition coefficient (Wildman–Crippen LogP) is 1.38. The fourth-order valence-electron chi connectivity index (χ4n) is 5.36. The molecule has 3 atom stereocenters. The number of carbonyl (C=O) groups is 1. The number of aliphatic hydroxyl groups is 1. The minimum atomic E-state index is -0.596. The number of hydrogen-bond donors (Lipinski definition) is 3. The number of piperidine rings is 1. The molecule has 2 saturated heterocycles. The van der Waals surface area contributed by atoms with Crippen molar-refractivity contribution >= 4 is 23.5 Å². The first-order chi connectivity index (χ1) is 17.3. The summed E-state index contributed by atoms with van der Waals surface area (Å²) in [5.74, 6) is 1.65. The van der Waals surface area contributed by atoms with E-state index in [1.807, 2.05) is 20.7 Å². The fourth-order valence-corrected chi connectivity index (χ4v) is 5.36. The molecule has 5 rings (SSSR count). The molecule has 4 aliphatic heterocycles. The average Bonchev–Trinajstić information content (AvgIpc) is 3.58. The predicted molar refractivity (Wildman–Crippen MR) is 139 cm³/mol. The summed E-state index contributed by atoms with van der Waals surface area (Å²) >= 11 is 0. The lowest BCUT2D eigenvalue weighted by atomic mass is 10.0. The molecule has 0 bridgehead atoms. The quantitative estimate of drug-likeness (QED) is 0.563. The van der Waals surface area contributed by atoms with Crippen molar-refractivity contribution in [1.29, 1.82) is 0 Å². The van der Waals surface area contributed by atoms with E-state index in [0.717, 1.165) is 44.6 Å². The van der Waals surface area contributed by atoms with Gasteiger partial charge in [0, 0.05) is 44.2 Å². The van der Waals surface area contributed by atoms with Gasteiger partial charge in [-0.25, -0.2) is 9.98 Å². The van der Waals surface area contributed by atoms with Crippen LogP contribution in [0.1, 0.15) is 59.4 Å². The smallest absolute Gasteiger partial charge is 0.243 e. The number of likely N-dealkylation sites (tertiary alicyclic amines) is 2. The highest BCUT2D eigenvalue weighted by atomic mass is 16.3. The van der Waals surface area contributed by atoms with Crippen LogP contribution >= 0.6 is 0 Å². The third-order valence-corrected chi connectivity index (χ3v) is 7.44. The number of aliphatic imine (C=N–C) groups is 2. The Hall–Kier alpha value is -2.92. The van der Waals surface area contributed by atoms with E-state index in [1.165, 1.54) is 0 Å². The van der Waals surface area contributed by atoms with Gasteiger partial charge in [0.05, 0.1) is 24.3 Å². The van der Waals surface area contributed by atoms with E-state index in [0.29, 0.717) is 42.7 Å². The number of imidazole rings is 1.